The molecule has 5 nitrogen and oxygen atoms in total. The second-order valence-electron chi connectivity index (χ2n) is 6.00. The first kappa shape index (κ1) is 15.9. The molecule has 0 spiro atoms. The fraction of sp³-hybridized carbons (Fsp3) is 0.500. The summed E-state index contributed by atoms with van der Waals surface area (Å²) in [6, 6.07) is 8.07. The van der Waals surface area contributed by atoms with Crippen molar-refractivity contribution in [1.29, 1.82) is 0 Å². The van der Waals surface area contributed by atoms with Crippen LogP contribution < -0.4 is 9.47 Å². The van der Waals surface area contributed by atoms with Crippen molar-refractivity contribution >= 4 is 0 Å². The zero-order valence-corrected chi connectivity index (χ0v) is 13.6. The van der Waals surface area contributed by atoms with Crippen molar-refractivity contribution in [3.05, 3.63) is 41.7 Å². The molecule has 23 heavy (non-hydrogen) atoms. The highest BCUT2D eigenvalue weighted by molar-refractivity contribution is 5.43. The summed E-state index contributed by atoms with van der Waals surface area (Å²) in [6.07, 6.45) is 8.59. The summed E-state index contributed by atoms with van der Waals surface area (Å²) in [5, 5.41) is 13.3. The van der Waals surface area contributed by atoms with Crippen LogP contribution >= 0.6 is 0 Å². The molecule has 1 heterocycles. The third-order valence-corrected chi connectivity index (χ3v) is 4.33. The lowest BCUT2D eigenvalue weighted by Gasteiger charge is -2.16. The maximum atomic E-state index is 9.04. The molecule has 1 aromatic carbocycles. The van der Waals surface area contributed by atoms with Crippen LogP contribution in [0.15, 0.2) is 30.5 Å². The fourth-order valence-electron chi connectivity index (χ4n) is 3.04. The van der Waals surface area contributed by atoms with Crippen LogP contribution in [0.1, 0.15) is 36.9 Å². The van der Waals surface area contributed by atoms with Gasteiger partial charge in [0.25, 0.3) is 0 Å². The zero-order valence-electron chi connectivity index (χ0n) is 13.6. The normalized spacial score (nSPS) is 15.0. The summed E-state index contributed by atoms with van der Waals surface area (Å²) in [4.78, 5) is 0. The average molecular weight is 316 g/mol. The van der Waals surface area contributed by atoms with Gasteiger partial charge in [0.05, 0.1) is 18.9 Å². The predicted molar refractivity (Wildman–Crippen MR) is 87.7 cm³/mol. The van der Waals surface area contributed by atoms with Gasteiger partial charge in [-0.25, -0.2) is 4.68 Å². The van der Waals surface area contributed by atoms with Crippen molar-refractivity contribution in [3.63, 3.8) is 0 Å². The third kappa shape index (κ3) is 4.05. The number of methoxy groups -OCH3 is 1. The highest BCUT2D eigenvalue weighted by Gasteiger charge is 2.18. The van der Waals surface area contributed by atoms with Gasteiger partial charge >= 0.3 is 0 Å². The van der Waals surface area contributed by atoms with Crippen molar-refractivity contribution < 1.29 is 14.6 Å². The lowest BCUT2D eigenvalue weighted by atomic mass is 10.1. The standard InChI is InChI=1S/C18H24N2O3/c1-22-17-9-7-14(6-8-15-10-11-20(13-21)19-15)12-18(17)23-16-4-2-3-5-16/h7,9-12,16,21H,2-6,8,13H2,1H3. The Bertz CT molecular complexity index is 633. The van der Waals surface area contributed by atoms with Crippen molar-refractivity contribution in [1.82, 2.24) is 9.78 Å². The number of hydrogen-bond donors (Lipinski definition) is 1. The highest BCUT2D eigenvalue weighted by Crippen LogP contribution is 2.32. The SMILES string of the molecule is COc1ccc(CCc2ccn(CO)n2)cc1OC1CCCC1. The molecule has 2 aromatic rings. The highest BCUT2D eigenvalue weighted by atomic mass is 16.5. The van der Waals surface area contributed by atoms with Gasteiger partial charge in [0.2, 0.25) is 0 Å². The van der Waals surface area contributed by atoms with E-state index in [-0.39, 0.29) is 6.73 Å². The Morgan fingerprint density at radius 3 is 2.70 bits per heavy atom. The molecule has 3 rings (SSSR count). The summed E-state index contributed by atoms with van der Waals surface area (Å²) >= 11 is 0. The quantitative estimate of drug-likeness (QED) is 0.853. The molecule has 1 N–H and O–H groups in total. The number of rotatable bonds is 7. The van der Waals surface area contributed by atoms with Gasteiger partial charge in [0.1, 0.15) is 6.73 Å². The van der Waals surface area contributed by atoms with Crippen LogP contribution in [0.25, 0.3) is 0 Å². The Hall–Kier alpha value is -2.01. The summed E-state index contributed by atoms with van der Waals surface area (Å²) in [7, 11) is 1.68. The third-order valence-electron chi connectivity index (χ3n) is 4.33. The molecule has 1 aromatic heterocycles. The molecule has 1 saturated carbocycles. The molecule has 1 aliphatic rings. The monoisotopic (exact) mass is 316 g/mol. The van der Waals surface area contributed by atoms with Crippen molar-refractivity contribution in [3.8, 4) is 11.5 Å². The van der Waals surface area contributed by atoms with E-state index in [0.29, 0.717) is 6.10 Å². The molecular formula is C18H24N2O3. The van der Waals surface area contributed by atoms with E-state index in [0.717, 1.165) is 42.9 Å². The second kappa shape index (κ2) is 7.51. The second-order valence-corrected chi connectivity index (χ2v) is 6.00. The summed E-state index contributed by atoms with van der Waals surface area (Å²) in [5.74, 6) is 1.64. The number of aliphatic hydroxyl groups excluding tert-OH is 1. The Labute approximate surface area is 136 Å². The van der Waals surface area contributed by atoms with Crippen LogP contribution in [-0.2, 0) is 19.6 Å². The number of aliphatic hydroxyl groups is 1. The van der Waals surface area contributed by atoms with Crippen molar-refractivity contribution in [2.24, 2.45) is 0 Å². The number of aromatic nitrogens is 2. The molecule has 0 amide bonds. The Balaban J connectivity index is 1.66. The molecule has 124 valence electrons. The largest absolute Gasteiger partial charge is 0.493 e. The van der Waals surface area contributed by atoms with Crippen LogP contribution in [0, 0.1) is 0 Å². The molecule has 0 saturated heterocycles. The van der Waals surface area contributed by atoms with E-state index < -0.39 is 0 Å². The predicted octanol–water partition coefficient (Wildman–Crippen LogP) is 2.95. The number of nitrogens with zero attached hydrogens (tertiary/aromatic N) is 2. The number of benzene rings is 1. The number of aryl methyl sites for hydroxylation is 2. The lowest BCUT2D eigenvalue weighted by molar-refractivity contribution is 0.194. The van der Waals surface area contributed by atoms with Crippen LogP contribution in [0.2, 0.25) is 0 Å². The molecule has 1 aliphatic carbocycles. The maximum Gasteiger partial charge on any atom is 0.161 e. The van der Waals surface area contributed by atoms with E-state index in [1.54, 1.807) is 13.3 Å². The minimum atomic E-state index is -0.0814. The Kier molecular flexibility index (Phi) is 5.18. The first-order valence-electron chi connectivity index (χ1n) is 8.25. The van der Waals surface area contributed by atoms with Gasteiger partial charge in [-0.2, -0.15) is 5.10 Å². The maximum absolute atomic E-state index is 9.04. The minimum absolute atomic E-state index is 0.0814. The van der Waals surface area contributed by atoms with Crippen LogP contribution in [0.5, 0.6) is 11.5 Å². The molecule has 0 radical (unpaired) electrons. The van der Waals surface area contributed by atoms with Gasteiger partial charge in [-0.3, -0.25) is 0 Å². The fourth-order valence-corrected chi connectivity index (χ4v) is 3.04. The van der Waals surface area contributed by atoms with Crippen molar-refractivity contribution in [2.45, 2.75) is 51.4 Å². The van der Waals surface area contributed by atoms with E-state index in [1.807, 2.05) is 12.1 Å². The molecule has 0 aliphatic heterocycles. The van der Waals surface area contributed by atoms with Crippen LogP contribution in [-0.4, -0.2) is 28.1 Å². The Morgan fingerprint density at radius 2 is 2.00 bits per heavy atom. The number of ether oxygens (including phenoxy) is 2. The molecule has 5 heteroatoms. The summed E-state index contributed by atoms with van der Waals surface area (Å²) in [6.45, 7) is -0.0814. The van der Waals surface area contributed by atoms with Gasteiger partial charge in [-0.05, 0) is 62.3 Å². The lowest BCUT2D eigenvalue weighted by Crippen LogP contribution is -2.11. The smallest absolute Gasteiger partial charge is 0.161 e. The molecule has 0 unspecified atom stereocenters. The van der Waals surface area contributed by atoms with Gasteiger partial charge in [-0.1, -0.05) is 6.07 Å². The van der Waals surface area contributed by atoms with Crippen LogP contribution in [0.4, 0.5) is 0 Å². The molecule has 0 bridgehead atoms. The number of hydrogen-bond acceptors (Lipinski definition) is 4. The topological polar surface area (TPSA) is 56.5 Å². The molecular weight excluding hydrogens is 292 g/mol. The van der Waals surface area contributed by atoms with Crippen LogP contribution in [0.3, 0.4) is 0 Å². The zero-order chi connectivity index (χ0) is 16.1. The first-order valence-corrected chi connectivity index (χ1v) is 8.25. The van der Waals surface area contributed by atoms with Gasteiger partial charge in [0, 0.05) is 6.20 Å². The average Bonchev–Trinajstić information content (AvgIpc) is 3.24. The summed E-state index contributed by atoms with van der Waals surface area (Å²) in [5.41, 5.74) is 2.19. The van der Waals surface area contributed by atoms with E-state index in [1.165, 1.54) is 23.1 Å². The van der Waals surface area contributed by atoms with E-state index in [4.69, 9.17) is 14.6 Å². The first-order chi connectivity index (χ1) is 11.3. The van der Waals surface area contributed by atoms with Gasteiger partial charge < -0.3 is 14.6 Å². The summed E-state index contributed by atoms with van der Waals surface area (Å²) < 4.78 is 13.1. The van der Waals surface area contributed by atoms with E-state index in [2.05, 4.69) is 17.2 Å². The van der Waals surface area contributed by atoms with Crippen molar-refractivity contribution in [2.75, 3.05) is 7.11 Å². The molecule has 1 fully saturated rings. The molecule has 0 atom stereocenters. The van der Waals surface area contributed by atoms with Gasteiger partial charge in [0.15, 0.2) is 11.5 Å². The Morgan fingerprint density at radius 1 is 1.17 bits per heavy atom. The van der Waals surface area contributed by atoms with E-state index in [9.17, 15) is 0 Å². The minimum Gasteiger partial charge on any atom is -0.493 e. The van der Waals surface area contributed by atoms with Gasteiger partial charge in [-0.15, -0.1) is 0 Å². The van der Waals surface area contributed by atoms with E-state index >= 15 is 0 Å².